The molecule has 24 heavy (non-hydrogen) atoms. The van der Waals surface area contributed by atoms with Gasteiger partial charge in [0, 0.05) is 25.3 Å². The summed E-state index contributed by atoms with van der Waals surface area (Å²) >= 11 is 0. The van der Waals surface area contributed by atoms with Gasteiger partial charge in [-0.3, -0.25) is 9.48 Å². The Hall–Kier alpha value is -2.50. The van der Waals surface area contributed by atoms with Crippen LogP contribution in [0.1, 0.15) is 41.5 Å². The molecule has 0 saturated carbocycles. The number of methoxy groups -OCH3 is 2. The summed E-state index contributed by atoms with van der Waals surface area (Å²) in [6.45, 7) is 5.31. The molecule has 0 saturated heterocycles. The summed E-state index contributed by atoms with van der Waals surface area (Å²) in [7, 11) is 3.25. The first-order chi connectivity index (χ1) is 11.5. The Kier molecular flexibility index (Phi) is 4.46. The van der Waals surface area contributed by atoms with Gasteiger partial charge in [0.1, 0.15) is 5.69 Å². The maximum Gasteiger partial charge on any atom is 0.274 e. The van der Waals surface area contributed by atoms with Crippen molar-refractivity contribution in [2.45, 2.75) is 32.9 Å². The molecule has 1 aromatic heterocycles. The molecule has 0 aliphatic carbocycles. The summed E-state index contributed by atoms with van der Waals surface area (Å²) in [5, 5.41) is 4.38. The van der Waals surface area contributed by atoms with E-state index in [0.717, 1.165) is 17.7 Å². The maximum atomic E-state index is 12.7. The Morgan fingerprint density at radius 1 is 1.17 bits per heavy atom. The van der Waals surface area contributed by atoms with E-state index in [9.17, 15) is 4.79 Å². The zero-order valence-corrected chi connectivity index (χ0v) is 14.6. The maximum absolute atomic E-state index is 12.7. The third-order valence-corrected chi connectivity index (χ3v) is 4.36. The molecule has 2 heterocycles. The normalized spacial score (nSPS) is 13.8. The van der Waals surface area contributed by atoms with E-state index in [-0.39, 0.29) is 11.9 Å². The highest BCUT2D eigenvalue weighted by Crippen LogP contribution is 2.33. The van der Waals surface area contributed by atoms with E-state index in [2.05, 4.69) is 5.10 Å². The average Bonchev–Trinajstić information content (AvgIpc) is 3.09. The van der Waals surface area contributed by atoms with Gasteiger partial charge in [-0.1, -0.05) is 0 Å². The number of nitrogens with zero attached hydrogens (tertiary/aromatic N) is 3. The Bertz CT molecular complexity index is 752. The third kappa shape index (κ3) is 2.96. The van der Waals surface area contributed by atoms with Gasteiger partial charge in [-0.2, -0.15) is 5.10 Å². The Balaban J connectivity index is 1.82. The van der Waals surface area contributed by atoms with Gasteiger partial charge in [0.2, 0.25) is 0 Å². The Morgan fingerprint density at radius 2 is 1.83 bits per heavy atom. The van der Waals surface area contributed by atoms with Crippen LogP contribution >= 0.6 is 0 Å². The van der Waals surface area contributed by atoms with Crippen molar-refractivity contribution in [1.82, 2.24) is 14.7 Å². The zero-order chi connectivity index (χ0) is 17.3. The van der Waals surface area contributed by atoms with Crippen LogP contribution in [0, 0.1) is 0 Å². The quantitative estimate of drug-likeness (QED) is 0.865. The van der Waals surface area contributed by atoms with Crippen molar-refractivity contribution in [2.75, 3.05) is 20.8 Å². The number of carbonyl (C=O) groups excluding carboxylic acids is 1. The van der Waals surface area contributed by atoms with E-state index in [1.807, 2.05) is 37.1 Å². The standard InChI is InChI=1S/C18H23N3O3/c1-12(2)21-8-6-15(19-21)18(22)20-7-5-13-9-16(23-3)17(24-4)10-14(13)11-20/h6,8-10,12H,5,7,11H2,1-4H3. The first kappa shape index (κ1) is 16.4. The van der Waals surface area contributed by atoms with Crippen LogP contribution in [0.25, 0.3) is 0 Å². The molecule has 6 heteroatoms. The number of benzene rings is 1. The second-order valence-electron chi connectivity index (χ2n) is 6.23. The van der Waals surface area contributed by atoms with Crippen LogP contribution in [0.4, 0.5) is 0 Å². The Labute approximate surface area is 142 Å². The molecule has 3 rings (SSSR count). The minimum atomic E-state index is -0.0326. The number of aromatic nitrogens is 2. The van der Waals surface area contributed by atoms with Crippen LogP contribution in [-0.2, 0) is 13.0 Å². The number of fused-ring (bicyclic) bond motifs is 1. The van der Waals surface area contributed by atoms with E-state index in [1.54, 1.807) is 25.0 Å². The molecule has 128 valence electrons. The monoisotopic (exact) mass is 329 g/mol. The third-order valence-electron chi connectivity index (χ3n) is 4.36. The van der Waals surface area contributed by atoms with Crippen LogP contribution in [-0.4, -0.2) is 41.4 Å². The minimum Gasteiger partial charge on any atom is -0.493 e. The van der Waals surface area contributed by atoms with Crippen molar-refractivity contribution in [3.05, 3.63) is 41.2 Å². The van der Waals surface area contributed by atoms with Gasteiger partial charge in [-0.15, -0.1) is 0 Å². The smallest absolute Gasteiger partial charge is 0.274 e. The van der Waals surface area contributed by atoms with Crippen LogP contribution in [0.15, 0.2) is 24.4 Å². The summed E-state index contributed by atoms with van der Waals surface area (Å²) in [6, 6.07) is 5.99. The fraction of sp³-hybridized carbons (Fsp3) is 0.444. The molecule has 0 atom stereocenters. The predicted octanol–water partition coefficient (Wildman–Crippen LogP) is 2.68. The second kappa shape index (κ2) is 6.55. The lowest BCUT2D eigenvalue weighted by atomic mass is 9.98. The van der Waals surface area contributed by atoms with Crippen LogP contribution < -0.4 is 9.47 Å². The molecular formula is C18H23N3O3. The first-order valence-electron chi connectivity index (χ1n) is 8.11. The van der Waals surface area contributed by atoms with Gasteiger partial charge in [-0.05, 0) is 49.6 Å². The molecule has 1 aliphatic heterocycles. The van der Waals surface area contributed by atoms with Crippen LogP contribution in [0.2, 0.25) is 0 Å². The van der Waals surface area contributed by atoms with E-state index >= 15 is 0 Å². The fourth-order valence-electron chi connectivity index (χ4n) is 2.96. The van der Waals surface area contributed by atoms with Crippen LogP contribution in [0.3, 0.4) is 0 Å². The minimum absolute atomic E-state index is 0.0326. The Morgan fingerprint density at radius 3 is 2.42 bits per heavy atom. The van der Waals surface area contributed by atoms with Gasteiger partial charge < -0.3 is 14.4 Å². The van der Waals surface area contributed by atoms with Crippen LogP contribution in [0.5, 0.6) is 11.5 Å². The van der Waals surface area contributed by atoms with Crippen molar-refractivity contribution in [3.8, 4) is 11.5 Å². The molecule has 2 aromatic rings. The van der Waals surface area contributed by atoms with E-state index < -0.39 is 0 Å². The van der Waals surface area contributed by atoms with Gasteiger partial charge in [-0.25, -0.2) is 0 Å². The van der Waals surface area contributed by atoms with Crippen molar-refractivity contribution in [3.63, 3.8) is 0 Å². The molecule has 0 spiro atoms. The second-order valence-corrected chi connectivity index (χ2v) is 6.23. The molecule has 1 amide bonds. The van der Waals surface area contributed by atoms with Gasteiger partial charge in [0.05, 0.1) is 14.2 Å². The summed E-state index contributed by atoms with van der Waals surface area (Å²) in [5.74, 6) is 1.39. The van der Waals surface area contributed by atoms with Crippen molar-refractivity contribution in [2.24, 2.45) is 0 Å². The summed E-state index contributed by atoms with van der Waals surface area (Å²) in [4.78, 5) is 14.6. The highest BCUT2D eigenvalue weighted by Gasteiger charge is 2.25. The topological polar surface area (TPSA) is 56.6 Å². The lowest BCUT2D eigenvalue weighted by Crippen LogP contribution is -2.36. The van der Waals surface area contributed by atoms with E-state index in [1.165, 1.54) is 5.56 Å². The van der Waals surface area contributed by atoms with Crippen molar-refractivity contribution >= 4 is 5.91 Å². The molecule has 0 bridgehead atoms. The van der Waals surface area contributed by atoms with E-state index in [4.69, 9.17) is 9.47 Å². The van der Waals surface area contributed by atoms with E-state index in [0.29, 0.717) is 24.5 Å². The summed E-state index contributed by atoms with van der Waals surface area (Å²) in [6.07, 6.45) is 2.65. The first-order valence-corrected chi connectivity index (χ1v) is 8.11. The van der Waals surface area contributed by atoms with Gasteiger partial charge >= 0.3 is 0 Å². The number of hydrogen-bond acceptors (Lipinski definition) is 4. The highest BCUT2D eigenvalue weighted by atomic mass is 16.5. The largest absolute Gasteiger partial charge is 0.493 e. The number of rotatable bonds is 4. The molecule has 0 fully saturated rings. The zero-order valence-electron chi connectivity index (χ0n) is 14.6. The summed E-state index contributed by atoms with van der Waals surface area (Å²) < 4.78 is 12.5. The van der Waals surface area contributed by atoms with Gasteiger partial charge in [0.15, 0.2) is 11.5 Å². The van der Waals surface area contributed by atoms with Gasteiger partial charge in [0.25, 0.3) is 5.91 Å². The lowest BCUT2D eigenvalue weighted by Gasteiger charge is -2.29. The molecule has 0 unspecified atom stereocenters. The van der Waals surface area contributed by atoms with Crippen molar-refractivity contribution in [1.29, 1.82) is 0 Å². The number of ether oxygens (including phenoxy) is 2. The van der Waals surface area contributed by atoms with Crippen molar-refractivity contribution < 1.29 is 14.3 Å². The molecule has 1 aliphatic rings. The molecule has 1 aromatic carbocycles. The number of hydrogen-bond donors (Lipinski definition) is 0. The molecule has 6 nitrogen and oxygen atoms in total. The lowest BCUT2D eigenvalue weighted by molar-refractivity contribution is 0.0727. The number of carbonyl (C=O) groups is 1. The highest BCUT2D eigenvalue weighted by molar-refractivity contribution is 5.92. The average molecular weight is 329 g/mol. The number of amides is 1. The summed E-state index contributed by atoms with van der Waals surface area (Å²) in [5.41, 5.74) is 2.78. The molecular weight excluding hydrogens is 306 g/mol. The SMILES string of the molecule is COc1cc2c(cc1OC)CN(C(=O)c1ccn(C(C)C)n1)CC2. The molecule has 0 radical (unpaired) electrons. The molecule has 0 N–H and O–H groups in total. The fourth-order valence-corrected chi connectivity index (χ4v) is 2.96. The predicted molar refractivity (Wildman–Crippen MR) is 90.6 cm³/mol.